The lowest BCUT2D eigenvalue weighted by Crippen LogP contribution is -2.00. The highest BCUT2D eigenvalue weighted by Crippen LogP contribution is 2.29. The van der Waals surface area contributed by atoms with Crippen LogP contribution < -0.4 is 0 Å². The minimum absolute atomic E-state index is 0.266. The summed E-state index contributed by atoms with van der Waals surface area (Å²) in [6, 6.07) is 13.8. The van der Waals surface area contributed by atoms with Crippen LogP contribution in [0.3, 0.4) is 0 Å². The van der Waals surface area contributed by atoms with E-state index in [1.807, 2.05) is 28.8 Å². The van der Waals surface area contributed by atoms with Crippen molar-refractivity contribution < 1.29 is 4.39 Å². The van der Waals surface area contributed by atoms with E-state index in [4.69, 9.17) is 11.6 Å². The van der Waals surface area contributed by atoms with Crippen molar-refractivity contribution in [3.05, 3.63) is 59.4 Å². The first-order valence-electron chi connectivity index (χ1n) is 7.29. The Bertz CT molecular complexity index is 785. The van der Waals surface area contributed by atoms with E-state index in [0.717, 1.165) is 28.6 Å². The molecule has 3 aromatic rings. The molecular formula is C17H15ClFN3S. The Morgan fingerprint density at radius 2 is 1.74 bits per heavy atom. The van der Waals surface area contributed by atoms with Crippen LogP contribution in [0.25, 0.3) is 17.1 Å². The molecule has 0 saturated heterocycles. The van der Waals surface area contributed by atoms with Crippen molar-refractivity contribution in [1.82, 2.24) is 14.8 Å². The van der Waals surface area contributed by atoms with E-state index < -0.39 is 0 Å². The number of rotatable bonds is 5. The summed E-state index contributed by atoms with van der Waals surface area (Å²) < 4.78 is 15.2. The van der Waals surface area contributed by atoms with Crippen LogP contribution in [0.5, 0.6) is 0 Å². The highest BCUT2D eigenvalue weighted by Gasteiger charge is 2.16. The standard InChI is InChI=1S/C17H15ClFN3S/c1-2-11-23-17-21-20-16(12-3-5-13(18)6-4-12)22(17)15-9-7-14(19)8-10-15/h3-10H,2,11H2,1H3. The van der Waals surface area contributed by atoms with E-state index in [1.165, 1.54) is 12.1 Å². The average Bonchev–Trinajstić information content (AvgIpc) is 2.98. The third kappa shape index (κ3) is 3.57. The first-order chi connectivity index (χ1) is 11.2. The molecule has 23 heavy (non-hydrogen) atoms. The fraction of sp³-hybridized carbons (Fsp3) is 0.176. The van der Waals surface area contributed by atoms with Gasteiger partial charge in [-0.05, 0) is 55.0 Å². The van der Waals surface area contributed by atoms with Gasteiger partial charge in [0, 0.05) is 22.0 Å². The number of thioether (sulfide) groups is 1. The molecule has 0 aliphatic rings. The van der Waals surface area contributed by atoms with Crippen molar-refractivity contribution in [2.45, 2.75) is 18.5 Å². The summed E-state index contributed by atoms with van der Waals surface area (Å²) in [6.45, 7) is 2.12. The molecule has 3 rings (SSSR count). The Labute approximate surface area is 143 Å². The van der Waals surface area contributed by atoms with Gasteiger partial charge in [0.2, 0.25) is 0 Å². The van der Waals surface area contributed by atoms with Gasteiger partial charge < -0.3 is 0 Å². The van der Waals surface area contributed by atoms with Crippen molar-refractivity contribution >= 4 is 23.4 Å². The van der Waals surface area contributed by atoms with Gasteiger partial charge in [-0.15, -0.1) is 10.2 Å². The largest absolute Gasteiger partial charge is 0.270 e. The van der Waals surface area contributed by atoms with Crippen molar-refractivity contribution in [1.29, 1.82) is 0 Å². The number of halogens is 2. The topological polar surface area (TPSA) is 30.7 Å². The molecule has 0 bridgehead atoms. The number of hydrogen-bond donors (Lipinski definition) is 0. The predicted molar refractivity (Wildman–Crippen MR) is 92.8 cm³/mol. The van der Waals surface area contributed by atoms with Gasteiger partial charge in [0.15, 0.2) is 11.0 Å². The third-order valence-corrected chi connectivity index (χ3v) is 4.64. The van der Waals surface area contributed by atoms with Gasteiger partial charge in [0.05, 0.1) is 0 Å². The summed E-state index contributed by atoms with van der Waals surface area (Å²) in [6.07, 6.45) is 1.04. The minimum Gasteiger partial charge on any atom is -0.270 e. The second-order valence-electron chi connectivity index (χ2n) is 4.97. The highest BCUT2D eigenvalue weighted by atomic mass is 35.5. The smallest absolute Gasteiger partial charge is 0.196 e. The molecule has 1 heterocycles. The normalized spacial score (nSPS) is 10.9. The van der Waals surface area contributed by atoms with Gasteiger partial charge in [-0.1, -0.05) is 30.3 Å². The van der Waals surface area contributed by atoms with Crippen molar-refractivity contribution in [3.8, 4) is 17.1 Å². The molecule has 118 valence electrons. The summed E-state index contributed by atoms with van der Waals surface area (Å²) in [4.78, 5) is 0. The summed E-state index contributed by atoms with van der Waals surface area (Å²) >= 11 is 7.59. The maximum atomic E-state index is 13.2. The van der Waals surface area contributed by atoms with Gasteiger partial charge in [-0.2, -0.15) is 0 Å². The molecule has 1 aromatic heterocycles. The highest BCUT2D eigenvalue weighted by molar-refractivity contribution is 7.99. The second kappa shape index (κ2) is 7.15. The summed E-state index contributed by atoms with van der Waals surface area (Å²) in [5.74, 6) is 1.39. The molecule has 0 atom stereocenters. The van der Waals surface area contributed by atoms with Crippen LogP contribution in [0.4, 0.5) is 4.39 Å². The fourth-order valence-corrected chi connectivity index (χ4v) is 3.10. The number of nitrogens with zero attached hydrogens (tertiary/aromatic N) is 3. The van der Waals surface area contributed by atoms with E-state index in [0.29, 0.717) is 10.8 Å². The van der Waals surface area contributed by atoms with Gasteiger partial charge in [0.25, 0.3) is 0 Å². The van der Waals surface area contributed by atoms with Crippen LogP contribution in [-0.2, 0) is 0 Å². The summed E-state index contributed by atoms with van der Waals surface area (Å²) in [7, 11) is 0. The van der Waals surface area contributed by atoms with Gasteiger partial charge in [0.1, 0.15) is 5.82 Å². The Morgan fingerprint density at radius 1 is 1.04 bits per heavy atom. The van der Waals surface area contributed by atoms with E-state index >= 15 is 0 Å². The molecule has 3 nitrogen and oxygen atoms in total. The molecule has 0 amide bonds. The van der Waals surface area contributed by atoms with E-state index in [-0.39, 0.29) is 5.82 Å². The maximum absolute atomic E-state index is 13.2. The van der Waals surface area contributed by atoms with Crippen LogP contribution >= 0.6 is 23.4 Å². The predicted octanol–water partition coefficient (Wildman–Crippen LogP) is 5.23. The Balaban J connectivity index is 2.10. The van der Waals surface area contributed by atoms with Crippen molar-refractivity contribution in [2.24, 2.45) is 0 Å². The minimum atomic E-state index is -0.266. The summed E-state index contributed by atoms with van der Waals surface area (Å²) in [5.41, 5.74) is 1.74. The fourth-order valence-electron chi connectivity index (χ4n) is 2.17. The first-order valence-corrected chi connectivity index (χ1v) is 8.65. The van der Waals surface area contributed by atoms with E-state index in [1.54, 1.807) is 23.9 Å². The molecule has 6 heteroatoms. The van der Waals surface area contributed by atoms with Crippen LogP contribution in [0.15, 0.2) is 53.7 Å². The zero-order valence-electron chi connectivity index (χ0n) is 12.5. The number of aromatic nitrogens is 3. The van der Waals surface area contributed by atoms with E-state index in [2.05, 4.69) is 17.1 Å². The molecule has 0 N–H and O–H groups in total. The van der Waals surface area contributed by atoms with E-state index in [9.17, 15) is 4.39 Å². The van der Waals surface area contributed by atoms with Crippen LogP contribution in [0, 0.1) is 5.82 Å². The monoisotopic (exact) mass is 347 g/mol. The third-order valence-electron chi connectivity index (χ3n) is 3.26. The molecule has 0 spiro atoms. The Morgan fingerprint density at radius 3 is 2.39 bits per heavy atom. The number of benzene rings is 2. The lowest BCUT2D eigenvalue weighted by Gasteiger charge is -2.10. The molecule has 0 saturated carbocycles. The molecule has 0 radical (unpaired) electrons. The zero-order chi connectivity index (χ0) is 16.2. The zero-order valence-corrected chi connectivity index (χ0v) is 14.1. The second-order valence-corrected chi connectivity index (χ2v) is 6.47. The van der Waals surface area contributed by atoms with Crippen LogP contribution in [0.1, 0.15) is 13.3 Å². The average molecular weight is 348 g/mol. The summed E-state index contributed by atoms with van der Waals surface area (Å²) in [5, 5.41) is 10.1. The molecule has 2 aromatic carbocycles. The Hall–Kier alpha value is -1.85. The van der Waals surface area contributed by atoms with Gasteiger partial charge in [-0.25, -0.2) is 4.39 Å². The van der Waals surface area contributed by atoms with Crippen molar-refractivity contribution in [3.63, 3.8) is 0 Å². The lowest BCUT2D eigenvalue weighted by atomic mass is 10.2. The van der Waals surface area contributed by atoms with Crippen molar-refractivity contribution in [2.75, 3.05) is 5.75 Å². The molecule has 0 fully saturated rings. The van der Waals surface area contributed by atoms with Crippen LogP contribution in [-0.4, -0.2) is 20.5 Å². The lowest BCUT2D eigenvalue weighted by molar-refractivity contribution is 0.627. The SMILES string of the molecule is CCCSc1nnc(-c2ccc(Cl)cc2)n1-c1ccc(F)cc1. The first kappa shape index (κ1) is 16.0. The Kier molecular flexibility index (Phi) is 4.98. The quantitative estimate of drug-likeness (QED) is 0.592. The van der Waals surface area contributed by atoms with Gasteiger partial charge >= 0.3 is 0 Å². The maximum Gasteiger partial charge on any atom is 0.196 e. The molecule has 0 aliphatic heterocycles. The number of hydrogen-bond acceptors (Lipinski definition) is 3. The van der Waals surface area contributed by atoms with Gasteiger partial charge in [-0.3, -0.25) is 4.57 Å². The molecular weight excluding hydrogens is 333 g/mol. The molecule has 0 unspecified atom stereocenters. The van der Waals surface area contributed by atoms with Crippen LogP contribution in [0.2, 0.25) is 5.02 Å². The molecule has 0 aliphatic carbocycles.